The average molecular weight is 260 g/mol. The van der Waals surface area contributed by atoms with Crippen molar-refractivity contribution in [2.45, 2.75) is 11.3 Å². The van der Waals surface area contributed by atoms with E-state index in [0.717, 1.165) is 24.5 Å². The fourth-order valence-corrected chi connectivity index (χ4v) is 2.32. The second-order valence-corrected chi connectivity index (χ2v) is 5.03. The van der Waals surface area contributed by atoms with E-state index in [0.29, 0.717) is 5.75 Å². The highest BCUT2D eigenvalue weighted by molar-refractivity contribution is 7.99. The van der Waals surface area contributed by atoms with Gasteiger partial charge in [0.25, 0.3) is 0 Å². The van der Waals surface area contributed by atoms with E-state index in [-0.39, 0.29) is 0 Å². The molecule has 94 valence electrons. The summed E-state index contributed by atoms with van der Waals surface area (Å²) in [4.78, 5) is 1.17. The van der Waals surface area contributed by atoms with Gasteiger partial charge in [-0.15, -0.1) is 11.8 Å². The second kappa shape index (κ2) is 6.97. The van der Waals surface area contributed by atoms with Crippen LogP contribution in [-0.2, 0) is 0 Å². The van der Waals surface area contributed by atoms with Crippen LogP contribution in [0.4, 0.5) is 0 Å². The smallest absolute Gasteiger partial charge is 0.119 e. The fourth-order valence-electron chi connectivity index (χ4n) is 1.50. The van der Waals surface area contributed by atoms with E-state index in [1.54, 1.807) is 23.9 Å². The molecule has 0 radical (unpaired) electrons. The van der Waals surface area contributed by atoms with Crippen LogP contribution < -0.4 is 4.74 Å². The van der Waals surface area contributed by atoms with Gasteiger partial charge >= 0.3 is 0 Å². The lowest BCUT2D eigenvalue weighted by molar-refractivity contribution is 0.318. The number of para-hydroxylation sites is 1. The molecule has 0 aliphatic carbocycles. The summed E-state index contributed by atoms with van der Waals surface area (Å²) in [6.07, 6.45) is 1.00. The number of phenolic OH excluding ortho intramolecular Hbond substituents is 1. The molecule has 0 aromatic heterocycles. The highest BCUT2D eigenvalue weighted by atomic mass is 32.2. The van der Waals surface area contributed by atoms with Gasteiger partial charge < -0.3 is 9.84 Å². The molecule has 0 saturated heterocycles. The molecule has 0 unspecified atom stereocenters. The van der Waals surface area contributed by atoms with Crippen molar-refractivity contribution in [2.24, 2.45) is 0 Å². The summed E-state index contributed by atoms with van der Waals surface area (Å²) in [6.45, 7) is 0.731. The van der Waals surface area contributed by atoms with Crippen molar-refractivity contribution in [1.82, 2.24) is 0 Å². The Morgan fingerprint density at radius 3 is 2.39 bits per heavy atom. The first-order valence-electron chi connectivity index (χ1n) is 5.94. The number of hydrogen-bond acceptors (Lipinski definition) is 3. The number of ether oxygens (including phenoxy) is 1. The lowest BCUT2D eigenvalue weighted by atomic mass is 10.3. The van der Waals surface area contributed by atoms with E-state index >= 15 is 0 Å². The predicted molar refractivity (Wildman–Crippen MR) is 75.4 cm³/mol. The molecule has 0 aliphatic heterocycles. The molecule has 3 heteroatoms. The summed E-state index contributed by atoms with van der Waals surface area (Å²) in [6, 6.07) is 17.1. The van der Waals surface area contributed by atoms with E-state index < -0.39 is 0 Å². The molecule has 2 nitrogen and oxygen atoms in total. The first-order chi connectivity index (χ1) is 8.84. The first kappa shape index (κ1) is 12.8. The lowest BCUT2D eigenvalue weighted by Gasteiger charge is -2.05. The van der Waals surface area contributed by atoms with Gasteiger partial charge in [-0.3, -0.25) is 0 Å². The molecule has 2 aromatic rings. The van der Waals surface area contributed by atoms with Crippen LogP contribution in [0.25, 0.3) is 0 Å². The number of thioether (sulfide) groups is 1. The molecule has 0 atom stereocenters. The van der Waals surface area contributed by atoms with Gasteiger partial charge in [0.2, 0.25) is 0 Å². The second-order valence-electron chi connectivity index (χ2n) is 3.86. The van der Waals surface area contributed by atoms with Crippen molar-refractivity contribution < 1.29 is 9.84 Å². The quantitative estimate of drug-likeness (QED) is 0.630. The number of aromatic hydroxyl groups is 1. The van der Waals surface area contributed by atoms with Crippen molar-refractivity contribution in [1.29, 1.82) is 0 Å². The van der Waals surface area contributed by atoms with Crippen molar-refractivity contribution in [3.63, 3.8) is 0 Å². The van der Waals surface area contributed by atoms with Gasteiger partial charge in [-0.2, -0.15) is 0 Å². The van der Waals surface area contributed by atoms with E-state index in [2.05, 4.69) is 0 Å². The van der Waals surface area contributed by atoms with Gasteiger partial charge in [-0.25, -0.2) is 0 Å². The molecular formula is C15H16O2S. The van der Waals surface area contributed by atoms with Crippen molar-refractivity contribution in [3.05, 3.63) is 54.6 Å². The summed E-state index contributed by atoms with van der Waals surface area (Å²) >= 11 is 1.77. The van der Waals surface area contributed by atoms with Crippen molar-refractivity contribution in [3.8, 4) is 11.5 Å². The van der Waals surface area contributed by atoms with Crippen LogP contribution in [0.2, 0.25) is 0 Å². The van der Waals surface area contributed by atoms with Crippen LogP contribution in [-0.4, -0.2) is 17.5 Å². The van der Waals surface area contributed by atoms with Gasteiger partial charge in [-0.1, -0.05) is 18.2 Å². The van der Waals surface area contributed by atoms with Gasteiger partial charge in [0.05, 0.1) is 6.61 Å². The van der Waals surface area contributed by atoms with Crippen LogP contribution >= 0.6 is 11.8 Å². The van der Waals surface area contributed by atoms with Crippen molar-refractivity contribution in [2.75, 3.05) is 12.4 Å². The molecule has 0 bridgehead atoms. The average Bonchev–Trinajstić information content (AvgIpc) is 2.42. The van der Waals surface area contributed by atoms with Gasteiger partial charge in [0, 0.05) is 10.6 Å². The normalized spacial score (nSPS) is 10.2. The minimum absolute atomic E-state index is 0.312. The largest absolute Gasteiger partial charge is 0.508 e. The summed E-state index contributed by atoms with van der Waals surface area (Å²) in [5.74, 6) is 2.25. The van der Waals surface area contributed by atoms with Gasteiger partial charge in [0.1, 0.15) is 11.5 Å². The molecule has 0 aliphatic rings. The third-order valence-electron chi connectivity index (χ3n) is 2.41. The summed E-state index contributed by atoms with van der Waals surface area (Å²) < 4.78 is 5.61. The maximum Gasteiger partial charge on any atom is 0.119 e. The van der Waals surface area contributed by atoms with Gasteiger partial charge in [0.15, 0.2) is 0 Å². The van der Waals surface area contributed by atoms with Crippen molar-refractivity contribution >= 4 is 11.8 Å². The van der Waals surface area contributed by atoms with Gasteiger partial charge in [-0.05, 0) is 42.8 Å². The molecule has 0 heterocycles. The summed E-state index contributed by atoms with van der Waals surface area (Å²) in [5.41, 5.74) is 0. The number of hydrogen-bond donors (Lipinski definition) is 1. The van der Waals surface area contributed by atoms with Crippen LogP contribution in [0.3, 0.4) is 0 Å². The maximum atomic E-state index is 9.16. The topological polar surface area (TPSA) is 29.5 Å². The first-order valence-corrected chi connectivity index (χ1v) is 6.93. The maximum absolute atomic E-state index is 9.16. The molecule has 0 amide bonds. The molecule has 2 aromatic carbocycles. The third-order valence-corrected chi connectivity index (χ3v) is 3.50. The molecule has 2 rings (SSSR count). The Bertz CT molecular complexity index is 454. The molecule has 18 heavy (non-hydrogen) atoms. The SMILES string of the molecule is Oc1ccc(SCCCOc2ccccc2)cc1. The molecule has 0 fully saturated rings. The van der Waals surface area contributed by atoms with Crippen LogP contribution in [0.15, 0.2) is 59.5 Å². The zero-order valence-electron chi connectivity index (χ0n) is 10.1. The zero-order valence-corrected chi connectivity index (χ0v) is 10.9. The standard InChI is InChI=1S/C15H16O2S/c16-13-7-9-15(10-8-13)18-12-4-11-17-14-5-2-1-3-6-14/h1-3,5-10,16H,4,11-12H2. The minimum Gasteiger partial charge on any atom is -0.508 e. The number of phenols is 1. The fraction of sp³-hybridized carbons (Fsp3) is 0.200. The van der Waals surface area contributed by atoms with Crippen LogP contribution in [0.1, 0.15) is 6.42 Å². The zero-order chi connectivity index (χ0) is 12.6. The predicted octanol–water partition coefficient (Wildman–Crippen LogP) is 3.95. The van der Waals surface area contributed by atoms with E-state index in [1.807, 2.05) is 42.5 Å². The molecule has 1 N–H and O–H groups in total. The van der Waals surface area contributed by atoms with Crippen LogP contribution in [0, 0.1) is 0 Å². The van der Waals surface area contributed by atoms with E-state index in [4.69, 9.17) is 9.84 Å². The Morgan fingerprint density at radius 2 is 1.67 bits per heavy atom. The lowest BCUT2D eigenvalue weighted by Crippen LogP contribution is -1.98. The molecular weight excluding hydrogens is 244 g/mol. The number of rotatable bonds is 6. The summed E-state index contributed by atoms with van der Waals surface area (Å²) in [7, 11) is 0. The van der Waals surface area contributed by atoms with E-state index in [1.165, 1.54) is 4.90 Å². The molecule has 0 spiro atoms. The highest BCUT2D eigenvalue weighted by Gasteiger charge is 1.96. The Balaban J connectivity index is 1.63. The summed E-state index contributed by atoms with van der Waals surface area (Å²) in [5, 5.41) is 9.16. The Morgan fingerprint density at radius 1 is 0.944 bits per heavy atom. The Kier molecular flexibility index (Phi) is 4.97. The Labute approximate surface area is 112 Å². The highest BCUT2D eigenvalue weighted by Crippen LogP contribution is 2.21. The van der Waals surface area contributed by atoms with E-state index in [9.17, 15) is 0 Å². The Hall–Kier alpha value is -1.61. The number of benzene rings is 2. The third kappa shape index (κ3) is 4.34. The monoisotopic (exact) mass is 260 g/mol. The molecule has 0 saturated carbocycles. The minimum atomic E-state index is 0.312. The van der Waals surface area contributed by atoms with Crippen LogP contribution in [0.5, 0.6) is 11.5 Å².